The number of nitrogens with zero attached hydrogens (tertiary/aromatic N) is 3. The Morgan fingerprint density at radius 1 is 1.07 bits per heavy atom. The highest BCUT2D eigenvalue weighted by Crippen LogP contribution is 2.19. The van der Waals surface area contributed by atoms with Crippen LogP contribution < -0.4 is 5.32 Å². The van der Waals surface area contributed by atoms with Gasteiger partial charge in [-0.05, 0) is 23.6 Å². The van der Waals surface area contributed by atoms with Gasteiger partial charge in [-0.3, -0.25) is 9.48 Å². The maximum absolute atomic E-state index is 12.8. The van der Waals surface area contributed by atoms with Crippen LogP contribution in [-0.4, -0.2) is 42.5 Å². The highest BCUT2D eigenvalue weighted by atomic mass is 32.2. The maximum atomic E-state index is 12.8. The summed E-state index contributed by atoms with van der Waals surface area (Å²) in [5.41, 5.74) is 2.98. The topological polar surface area (TPSA) is 84.3 Å². The molecule has 1 N–H and O–H groups in total. The molecular formula is C22H26N4O3S. The fraction of sp³-hybridized carbons (Fsp3) is 0.273. The fourth-order valence-corrected chi connectivity index (χ4v) is 4.35. The molecule has 30 heavy (non-hydrogen) atoms. The van der Waals surface area contributed by atoms with Gasteiger partial charge in [0, 0.05) is 20.6 Å². The number of hydrogen-bond donors (Lipinski definition) is 1. The van der Waals surface area contributed by atoms with Gasteiger partial charge in [-0.2, -0.15) is 5.10 Å². The Kier molecular flexibility index (Phi) is 6.69. The number of nitrogens with one attached hydrogen (secondary N) is 1. The van der Waals surface area contributed by atoms with E-state index in [-0.39, 0.29) is 17.3 Å². The summed E-state index contributed by atoms with van der Waals surface area (Å²) in [4.78, 5) is 13.0. The molecule has 0 bridgehead atoms. The molecule has 3 rings (SSSR count). The van der Waals surface area contributed by atoms with Gasteiger partial charge in [0.25, 0.3) is 5.91 Å². The van der Waals surface area contributed by atoms with E-state index < -0.39 is 10.0 Å². The van der Waals surface area contributed by atoms with Gasteiger partial charge < -0.3 is 5.32 Å². The molecule has 1 amide bonds. The van der Waals surface area contributed by atoms with Gasteiger partial charge in [0.1, 0.15) is 0 Å². The summed E-state index contributed by atoms with van der Waals surface area (Å²) >= 11 is 0. The minimum absolute atomic E-state index is 0.106. The molecule has 0 aliphatic heterocycles. The second kappa shape index (κ2) is 9.23. The average molecular weight is 427 g/mol. The maximum Gasteiger partial charge on any atom is 0.255 e. The number of amides is 1. The number of hydrogen-bond acceptors (Lipinski definition) is 4. The first-order valence-electron chi connectivity index (χ1n) is 9.71. The molecule has 8 heteroatoms. The number of aromatic nitrogens is 2. The van der Waals surface area contributed by atoms with Crippen molar-refractivity contribution in [3.05, 3.63) is 83.2 Å². The first-order chi connectivity index (χ1) is 14.3. The van der Waals surface area contributed by atoms with Crippen molar-refractivity contribution in [1.29, 1.82) is 0 Å². The molecule has 158 valence electrons. The molecule has 0 saturated carbocycles. The number of carbonyl (C=O) groups excluding carboxylic acids is 1. The highest BCUT2D eigenvalue weighted by Gasteiger charge is 2.22. The van der Waals surface area contributed by atoms with Crippen molar-refractivity contribution in [1.82, 2.24) is 19.4 Å². The van der Waals surface area contributed by atoms with Gasteiger partial charge in [-0.15, -0.1) is 0 Å². The molecule has 0 fully saturated rings. The quantitative estimate of drug-likeness (QED) is 0.600. The van der Waals surface area contributed by atoms with Crippen LogP contribution in [0.3, 0.4) is 0 Å². The van der Waals surface area contributed by atoms with Crippen molar-refractivity contribution in [2.45, 2.75) is 31.3 Å². The Balaban J connectivity index is 1.78. The van der Waals surface area contributed by atoms with Crippen molar-refractivity contribution < 1.29 is 13.2 Å². The summed E-state index contributed by atoms with van der Waals surface area (Å²) in [6, 6.07) is 16.6. The van der Waals surface area contributed by atoms with E-state index in [1.165, 1.54) is 14.1 Å². The predicted octanol–water partition coefficient (Wildman–Crippen LogP) is 2.67. The Morgan fingerprint density at radius 2 is 1.73 bits per heavy atom. The third-order valence-electron chi connectivity index (χ3n) is 4.87. The first-order valence-corrected chi connectivity index (χ1v) is 11.2. The summed E-state index contributed by atoms with van der Waals surface area (Å²) in [5.74, 6) is -0.275. The SMILES string of the molecule is CCc1c(C(=O)NCc2ccccc2S(=O)(=O)N(C)C)cnn1Cc1ccccc1. The van der Waals surface area contributed by atoms with Crippen LogP contribution in [0.4, 0.5) is 0 Å². The van der Waals surface area contributed by atoms with E-state index in [4.69, 9.17) is 0 Å². The van der Waals surface area contributed by atoms with Gasteiger partial charge >= 0.3 is 0 Å². The molecule has 3 aromatic rings. The first kappa shape index (κ1) is 21.7. The summed E-state index contributed by atoms with van der Waals surface area (Å²) < 4.78 is 28.1. The van der Waals surface area contributed by atoms with Crippen LogP contribution >= 0.6 is 0 Å². The smallest absolute Gasteiger partial charge is 0.255 e. The molecule has 7 nitrogen and oxygen atoms in total. The zero-order valence-corrected chi connectivity index (χ0v) is 18.2. The van der Waals surface area contributed by atoms with Crippen molar-refractivity contribution in [2.75, 3.05) is 14.1 Å². The third kappa shape index (κ3) is 4.60. The lowest BCUT2D eigenvalue weighted by atomic mass is 10.1. The summed E-state index contributed by atoms with van der Waals surface area (Å²) in [6.07, 6.45) is 2.22. The van der Waals surface area contributed by atoms with Gasteiger partial charge in [-0.25, -0.2) is 12.7 Å². The minimum atomic E-state index is -3.60. The molecular weight excluding hydrogens is 400 g/mol. The molecule has 0 atom stereocenters. The van der Waals surface area contributed by atoms with E-state index in [1.807, 2.05) is 41.9 Å². The normalized spacial score (nSPS) is 11.6. The molecule has 2 aromatic carbocycles. The molecule has 0 aliphatic rings. The van der Waals surface area contributed by atoms with E-state index in [1.54, 1.807) is 30.5 Å². The summed E-state index contributed by atoms with van der Waals surface area (Å²) in [5, 5.41) is 7.23. The third-order valence-corrected chi connectivity index (χ3v) is 6.79. The molecule has 1 heterocycles. The molecule has 0 radical (unpaired) electrons. The van der Waals surface area contributed by atoms with Crippen molar-refractivity contribution in [3.8, 4) is 0 Å². The predicted molar refractivity (Wildman–Crippen MR) is 116 cm³/mol. The lowest BCUT2D eigenvalue weighted by Crippen LogP contribution is -2.27. The van der Waals surface area contributed by atoms with E-state index in [2.05, 4.69) is 10.4 Å². The summed E-state index contributed by atoms with van der Waals surface area (Å²) in [7, 11) is -0.627. The second-order valence-electron chi connectivity index (χ2n) is 7.08. The van der Waals surface area contributed by atoms with Crippen LogP contribution in [0.2, 0.25) is 0 Å². The second-order valence-corrected chi connectivity index (χ2v) is 9.20. The monoisotopic (exact) mass is 426 g/mol. The number of carbonyl (C=O) groups is 1. The number of benzene rings is 2. The standard InChI is InChI=1S/C22H26N4O3S/c1-4-20-19(15-24-26(20)16-17-10-6-5-7-11-17)22(27)23-14-18-12-8-9-13-21(18)30(28,29)25(2)3/h5-13,15H,4,14,16H2,1-3H3,(H,23,27). The largest absolute Gasteiger partial charge is 0.348 e. The molecule has 1 aromatic heterocycles. The average Bonchev–Trinajstić information content (AvgIpc) is 3.15. The van der Waals surface area contributed by atoms with Crippen LogP contribution in [-0.2, 0) is 29.5 Å². The zero-order valence-electron chi connectivity index (χ0n) is 17.4. The van der Waals surface area contributed by atoms with E-state index in [0.717, 1.165) is 15.6 Å². The van der Waals surface area contributed by atoms with Crippen LogP contribution in [0.15, 0.2) is 65.7 Å². The van der Waals surface area contributed by atoms with E-state index in [9.17, 15) is 13.2 Å². The van der Waals surface area contributed by atoms with Crippen LogP contribution in [0, 0.1) is 0 Å². The van der Waals surface area contributed by atoms with E-state index >= 15 is 0 Å². The molecule has 0 aliphatic carbocycles. The minimum Gasteiger partial charge on any atom is -0.348 e. The molecule has 0 unspecified atom stereocenters. The summed E-state index contributed by atoms with van der Waals surface area (Å²) in [6.45, 7) is 2.67. The van der Waals surface area contributed by atoms with Gasteiger partial charge in [0.05, 0.1) is 28.9 Å². The van der Waals surface area contributed by atoms with Crippen LogP contribution in [0.1, 0.15) is 34.1 Å². The lowest BCUT2D eigenvalue weighted by molar-refractivity contribution is 0.0949. The Hall–Kier alpha value is -2.97. The molecule has 0 saturated heterocycles. The van der Waals surface area contributed by atoms with E-state index in [0.29, 0.717) is 24.1 Å². The number of rotatable bonds is 8. The Labute approximate surface area is 177 Å². The number of sulfonamides is 1. The molecule has 0 spiro atoms. The van der Waals surface area contributed by atoms with Gasteiger partial charge in [0.2, 0.25) is 10.0 Å². The highest BCUT2D eigenvalue weighted by molar-refractivity contribution is 7.89. The zero-order chi connectivity index (χ0) is 21.7. The Bertz CT molecular complexity index is 1120. The van der Waals surface area contributed by atoms with Crippen LogP contribution in [0.25, 0.3) is 0 Å². The van der Waals surface area contributed by atoms with Gasteiger partial charge in [0.15, 0.2) is 0 Å². The van der Waals surface area contributed by atoms with Crippen molar-refractivity contribution in [3.63, 3.8) is 0 Å². The lowest BCUT2D eigenvalue weighted by Gasteiger charge is -2.15. The fourth-order valence-electron chi connectivity index (χ4n) is 3.23. The van der Waals surface area contributed by atoms with Gasteiger partial charge in [-0.1, -0.05) is 55.5 Å². The van der Waals surface area contributed by atoms with Crippen LogP contribution in [0.5, 0.6) is 0 Å². The van der Waals surface area contributed by atoms with Crippen molar-refractivity contribution in [2.24, 2.45) is 0 Å². The Morgan fingerprint density at radius 3 is 2.40 bits per heavy atom. The van der Waals surface area contributed by atoms with Crippen molar-refractivity contribution >= 4 is 15.9 Å².